The van der Waals surface area contributed by atoms with E-state index in [-0.39, 0.29) is 25.0 Å². The molecule has 3 N–H and O–H groups in total. The number of carbonyl (C=O) groups excluding carboxylic acids is 2. The highest BCUT2D eigenvalue weighted by atomic mass is 16.5. The molecule has 1 aromatic heterocycles. The first-order chi connectivity index (χ1) is 9.69. The van der Waals surface area contributed by atoms with Crippen LogP contribution in [0.4, 0.5) is 10.5 Å². The minimum atomic E-state index is -0.367. The predicted molar refractivity (Wildman–Crippen MR) is 74.4 cm³/mol. The summed E-state index contributed by atoms with van der Waals surface area (Å²) in [6, 6.07) is 4.98. The number of fused-ring (bicyclic) bond motifs is 1. The van der Waals surface area contributed by atoms with Crippen molar-refractivity contribution in [3.63, 3.8) is 0 Å². The zero-order valence-corrected chi connectivity index (χ0v) is 11.1. The van der Waals surface area contributed by atoms with E-state index in [1.165, 1.54) is 0 Å². The average Bonchev–Trinajstić information content (AvgIpc) is 2.86. The van der Waals surface area contributed by atoms with Crippen LogP contribution in [0.2, 0.25) is 0 Å². The largest absolute Gasteiger partial charge is 0.466 e. The Morgan fingerprint density at radius 2 is 2.25 bits per heavy atom. The first-order valence-electron chi connectivity index (χ1n) is 6.32. The van der Waals surface area contributed by atoms with Crippen LogP contribution in [-0.4, -0.2) is 35.1 Å². The molecule has 2 aromatic rings. The molecule has 0 radical (unpaired) electrons. The Morgan fingerprint density at radius 3 is 3.05 bits per heavy atom. The number of nitrogens with one attached hydrogen (secondary N) is 3. The van der Waals surface area contributed by atoms with Crippen LogP contribution in [0.5, 0.6) is 0 Å². The van der Waals surface area contributed by atoms with Gasteiger partial charge in [0, 0.05) is 12.2 Å². The van der Waals surface area contributed by atoms with Crippen molar-refractivity contribution in [1.29, 1.82) is 0 Å². The van der Waals surface area contributed by atoms with Crippen LogP contribution in [-0.2, 0) is 9.53 Å². The van der Waals surface area contributed by atoms with E-state index in [1.54, 1.807) is 31.5 Å². The minimum Gasteiger partial charge on any atom is -0.466 e. The van der Waals surface area contributed by atoms with Crippen molar-refractivity contribution in [3.8, 4) is 0 Å². The van der Waals surface area contributed by atoms with Crippen LogP contribution in [0.25, 0.3) is 11.0 Å². The zero-order chi connectivity index (χ0) is 14.4. The molecule has 20 heavy (non-hydrogen) atoms. The van der Waals surface area contributed by atoms with Gasteiger partial charge in [-0.1, -0.05) is 0 Å². The molecule has 0 atom stereocenters. The first-order valence-corrected chi connectivity index (χ1v) is 6.32. The van der Waals surface area contributed by atoms with E-state index < -0.39 is 0 Å². The number of aromatic nitrogens is 2. The fourth-order valence-electron chi connectivity index (χ4n) is 1.70. The molecule has 0 unspecified atom stereocenters. The molecule has 0 saturated heterocycles. The maximum absolute atomic E-state index is 11.6. The molecule has 0 bridgehead atoms. The number of benzene rings is 1. The number of aromatic amines is 1. The smallest absolute Gasteiger partial charge is 0.319 e. The Hall–Kier alpha value is -2.57. The summed E-state index contributed by atoms with van der Waals surface area (Å²) in [5, 5.41) is 5.27. The highest BCUT2D eigenvalue weighted by Crippen LogP contribution is 2.15. The molecule has 1 aromatic carbocycles. The highest BCUT2D eigenvalue weighted by molar-refractivity contribution is 5.91. The summed E-state index contributed by atoms with van der Waals surface area (Å²) in [7, 11) is 0. The summed E-state index contributed by atoms with van der Waals surface area (Å²) in [5.41, 5.74) is 2.32. The second-order valence-corrected chi connectivity index (χ2v) is 4.07. The minimum absolute atomic E-state index is 0.154. The maximum atomic E-state index is 11.6. The number of rotatable bonds is 5. The first kappa shape index (κ1) is 13.9. The van der Waals surface area contributed by atoms with Gasteiger partial charge >= 0.3 is 12.0 Å². The van der Waals surface area contributed by atoms with Gasteiger partial charge in [0.1, 0.15) is 0 Å². The van der Waals surface area contributed by atoms with E-state index in [0.717, 1.165) is 11.0 Å². The topological polar surface area (TPSA) is 96.1 Å². The molecule has 7 nitrogen and oxygen atoms in total. The summed E-state index contributed by atoms with van der Waals surface area (Å²) >= 11 is 0. The normalized spacial score (nSPS) is 10.2. The number of esters is 1. The van der Waals surface area contributed by atoms with Gasteiger partial charge in [0.05, 0.1) is 30.4 Å². The number of anilines is 1. The number of ether oxygens (including phenoxy) is 1. The Kier molecular flexibility index (Phi) is 4.54. The van der Waals surface area contributed by atoms with Crippen molar-refractivity contribution in [1.82, 2.24) is 15.3 Å². The van der Waals surface area contributed by atoms with E-state index >= 15 is 0 Å². The third-order valence-electron chi connectivity index (χ3n) is 2.60. The lowest BCUT2D eigenvalue weighted by Crippen LogP contribution is -2.30. The van der Waals surface area contributed by atoms with Crippen LogP contribution >= 0.6 is 0 Å². The van der Waals surface area contributed by atoms with Gasteiger partial charge in [0.15, 0.2) is 0 Å². The van der Waals surface area contributed by atoms with E-state index in [0.29, 0.717) is 12.3 Å². The lowest BCUT2D eigenvalue weighted by atomic mass is 10.3. The van der Waals surface area contributed by atoms with Gasteiger partial charge in [-0.15, -0.1) is 0 Å². The molecule has 2 rings (SSSR count). The fourth-order valence-corrected chi connectivity index (χ4v) is 1.70. The number of imidazole rings is 1. The molecular formula is C13H16N4O3. The number of urea groups is 1. The Morgan fingerprint density at radius 1 is 1.40 bits per heavy atom. The molecular weight excluding hydrogens is 260 g/mol. The predicted octanol–water partition coefficient (Wildman–Crippen LogP) is 1.64. The number of amides is 2. The molecule has 106 valence electrons. The molecule has 0 fully saturated rings. The third-order valence-corrected chi connectivity index (χ3v) is 2.60. The summed E-state index contributed by atoms with van der Waals surface area (Å²) in [6.07, 6.45) is 1.74. The Bertz CT molecular complexity index is 608. The molecule has 0 spiro atoms. The molecule has 7 heteroatoms. The molecule has 0 aliphatic rings. The summed E-state index contributed by atoms with van der Waals surface area (Å²) in [5.74, 6) is -0.327. The lowest BCUT2D eigenvalue weighted by Gasteiger charge is -2.07. The van der Waals surface area contributed by atoms with Crippen molar-refractivity contribution in [2.45, 2.75) is 13.3 Å². The van der Waals surface area contributed by atoms with Gasteiger partial charge in [-0.3, -0.25) is 4.79 Å². The number of H-pyrrole nitrogens is 1. The van der Waals surface area contributed by atoms with Gasteiger partial charge < -0.3 is 20.4 Å². The summed E-state index contributed by atoms with van der Waals surface area (Å²) < 4.78 is 4.76. The average molecular weight is 276 g/mol. The second-order valence-electron chi connectivity index (χ2n) is 4.07. The van der Waals surface area contributed by atoms with E-state index in [2.05, 4.69) is 20.6 Å². The van der Waals surface area contributed by atoms with Crippen LogP contribution < -0.4 is 10.6 Å². The third kappa shape index (κ3) is 3.71. The van der Waals surface area contributed by atoms with Gasteiger partial charge in [-0.25, -0.2) is 9.78 Å². The van der Waals surface area contributed by atoms with Crippen molar-refractivity contribution in [2.75, 3.05) is 18.5 Å². The highest BCUT2D eigenvalue weighted by Gasteiger charge is 2.05. The van der Waals surface area contributed by atoms with Crippen molar-refractivity contribution in [2.24, 2.45) is 0 Å². The van der Waals surface area contributed by atoms with E-state index in [4.69, 9.17) is 4.74 Å². The van der Waals surface area contributed by atoms with Crippen LogP contribution in [0.1, 0.15) is 13.3 Å². The quantitative estimate of drug-likeness (QED) is 0.723. The monoisotopic (exact) mass is 276 g/mol. The number of nitrogens with zero attached hydrogens (tertiary/aromatic N) is 1. The van der Waals surface area contributed by atoms with Crippen LogP contribution in [0.15, 0.2) is 24.5 Å². The van der Waals surface area contributed by atoms with Crippen molar-refractivity contribution >= 4 is 28.7 Å². The molecule has 0 aliphatic heterocycles. The molecule has 2 amide bonds. The number of hydrogen-bond acceptors (Lipinski definition) is 4. The summed E-state index contributed by atoms with van der Waals surface area (Å²) in [4.78, 5) is 29.8. The van der Waals surface area contributed by atoms with E-state index in [9.17, 15) is 9.59 Å². The molecule has 0 aliphatic carbocycles. The fraction of sp³-hybridized carbons (Fsp3) is 0.308. The number of carbonyl (C=O) groups is 2. The van der Waals surface area contributed by atoms with Crippen molar-refractivity contribution < 1.29 is 14.3 Å². The molecule has 1 heterocycles. The maximum Gasteiger partial charge on any atom is 0.319 e. The molecule has 0 saturated carbocycles. The zero-order valence-electron chi connectivity index (χ0n) is 11.1. The lowest BCUT2D eigenvalue weighted by molar-refractivity contribution is -0.142. The van der Waals surface area contributed by atoms with Gasteiger partial charge in [0.2, 0.25) is 0 Å². The Labute approximate surface area is 115 Å². The number of hydrogen-bond donors (Lipinski definition) is 3. The Balaban J connectivity index is 1.80. The van der Waals surface area contributed by atoms with Crippen molar-refractivity contribution in [3.05, 3.63) is 24.5 Å². The summed E-state index contributed by atoms with van der Waals surface area (Å²) in [6.45, 7) is 2.32. The van der Waals surface area contributed by atoms with Gasteiger partial charge in [0.25, 0.3) is 0 Å². The van der Waals surface area contributed by atoms with Gasteiger partial charge in [-0.05, 0) is 25.1 Å². The standard InChI is InChI=1S/C13H16N4O3/c1-2-20-12(18)5-6-14-13(19)17-9-3-4-10-11(7-9)16-8-15-10/h3-4,7-8H,2,5-6H2,1H3,(H,15,16)(H2,14,17,19). The van der Waals surface area contributed by atoms with E-state index in [1.807, 2.05) is 0 Å². The van der Waals surface area contributed by atoms with Crippen LogP contribution in [0, 0.1) is 0 Å². The van der Waals surface area contributed by atoms with Crippen LogP contribution in [0.3, 0.4) is 0 Å². The SMILES string of the molecule is CCOC(=O)CCNC(=O)Nc1ccc2nc[nH]c2c1. The second kappa shape index (κ2) is 6.55. The van der Waals surface area contributed by atoms with Gasteiger partial charge in [-0.2, -0.15) is 0 Å².